The molecule has 3 heterocycles. The zero-order chi connectivity index (χ0) is 21.4. The summed E-state index contributed by atoms with van der Waals surface area (Å²) in [7, 11) is 0. The van der Waals surface area contributed by atoms with Crippen LogP contribution in [-0.4, -0.2) is 43.9 Å². The van der Waals surface area contributed by atoms with Crippen LogP contribution in [0.15, 0.2) is 36.7 Å². The minimum atomic E-state index is 0.353. The maximum absolute atomic E-state index is 6.08. The second kappa shape index (κ2) is 8.34. The van der Waals surface area contributed by atoms with Crippen LogP contribution in [0.2, 0.25) is 5.02 Å². The van der Waals surface area contributed by atoms with Crippen LogP contribution in [0.5, 0.6) is 11.8 Å². The zero-order valence-corrected chi connectivity index (χ0v) is 18.5. The topological polar surface area (TPSA) is 81.0 Å². The number of hydrogen-bond acceptors (Lipinski definition) is 7. The maximum Gasteiger partial charge on any atom is 0.322 e. The van der Waals surface area contributed by atoms with Crippen LogP contribution < -0.4 is 15.0 Å². The van der Waals surface area contributed by atoms with Gasteiger partial charge in [0.25, 0.3) is 0 Å². The molecule has 1 aliphatic carbocycles. The van der Waals surface area contributed by atoms with Crippen LogP contribution in [0.3, 0.4) is 0 Å². The molecular formula is C22H26ClN7O. The third kappa shape index (κ3) is 4.17. The van der Waals surface area contributed by atoms with Crippen molar-refractivity contribution in [2.75, 3.05) is 23.3 Å². The largest absolute Gasteiger partial charge is 0.424 e. The standard InChI is InChI=1S/C22H26ClN7O/c1-3-30-22(31-18-6-4-5-17(23)10-18)27-21(28-30)26-20-15-7-8-16(20)12-29(11-15)19-9-14(2)24-13-25-19/h4-6,9-10,13,15-16,20H,3,7-8,11-12H2,1-2H3,(H,26,28)/t15-,16+,20+. The Bertz CT molecular complexity index is 1060. The first-order valence-corrected chi connectivity index (χ1v) is 11.1. The predicted molar refractivity (Wildman–Crippen MR) is 120 cm³/mol. The summed E-state index contributed by atoms with van der Waals surface area (Å²) in [5.74, 6) is 3.34. The van der Waals surface area contributed by atoms with E-state index < -0.39 is 0 Å². The molecule has 8 nitrogen and oxygen atoms in total. The SMILES string of the molecule is CCn1nc(N[C@H]2[C@@H]3CC[C@H]2CN(c2cc(C)ncn2)C3)nc1Oc1cccc(Cl)c1. The number of fused-ring (bicyclic) bond motifs is 2. The van der Waals surface area contributed by atoms with Gasteiger partial charge in [-0.25, -0.2) is 14.6 Å². The summed E-state index contributed by atoms with van der Waals surface area (Å²) in [6, 6.07) is 10.2. The minimum absolute atomic E-state index is 0.353. The van der Waals surface area contributed by atoms with Crippen molar-refractivity contribution in [3.05, 3.63) is 47.4 Å². The van der Waals surface area contributed by atoms with Crippen molar-refractivity contribution < 1.29 is 4.74 Å². The molecule has 0 spiro atoms. The van der Waals surface area contributed by atoms with Gasteiger partial charge in [0.2, 0.25) is 5.95 Å². The highest BCUT2D eigenvalue weighted by molar-refractivity contribution is 6.30. The van der Waals surface area contributed by atoms with Crippen molar-refractivity contribution in [2.24, 2.45) is 11.8 Å². The number of ether oxygens (including phenoxy) is 1. The van der Waals surface area contributed by atoms with E-state index >= 15 is 0 Å². The molecule has 1 N–H and O–H groups in total. The number of hydrogen-bond donors (Lipinski definition) is 1. The third-order valence-corrected chi connectivity index (χ3v) is 6.42. The van der Waals surface area contributed by atoms with Gasteiger partial charge < -0.3 is 15.0 Å². The molecule has 0 amide bonds. The first kappa shape index (κ1) is 20.1. The van der Waals surface area contributed by atoms with Gasteiger partial charge in [-0.15, -0.1) is 5.10 Å². The highest BCUT2D eigenvalue weighted by Gasteiger charge is 2.43. The third-order valence-electron chi connectivity index (χ3n) is 6.19. The fourth-order valence-electron chi connectivity index (χ4n) is 4.71. The maximum atomic E-state index is 6.08. The molecule has 3 atom stereocenters. The minimum Gasteiger partial charge on any atom is -0.424 e. The molecule has 162 valence electrons. The van der Waals surface area contributed by atoms with E-state index in [0.717, 1.165) is 24.6 Å². The molecule has 2 aliphatic rings. The zero-order valence-electron chi connectivity index (χ0n) is 17.7. The van der Waals surface area contributed by atoms with Gasteiger partial charge in [-0.05, 0) is 56.7 Å². The molecule has 0 unspecified atom stereocenters. The molecule has 1 saturated heterocycles. The number of anilines is 2. The number of aromatic nitrogens is 5. The molecule has 1 aliphatic heterocycles. The quantitative estimate of drug-likeness (QED) is 0.617. The fourth-order valence-corrected chi connectivity index (χ4v) is 4.89. The Balaban J connectivity index is 1.30. The number of aryl methyl sites for hydroxylation is 2. The average Bonchev–Trinajstić information content (AvgIpc) is 3.23. The van der Waals surface area contributed by atoms with Crippen LogP contribution in [0, 0.1) is 18.8 Å². The van der Waals surface area contributed by atoms with Gasteiger partial charge in [0.15, 0.2) is 0 Å². The second-order valence-electron chi connectivity index (χ2n) is 8.28. The van der Waals surface area contributed by atoms with E-state index in [0.29, 0.717) is 47.2 Å². The van der Waals surface area contributed by atoms with Crippen LogP contribution in [-0.2, 0) is 6.54 Å². The Hall–Kier alpha value is -2.87. The Morgan fingerprint density at radius 2 is 1.97 bits per heavy atom. The van der Waals surface area contributed by atoms with E-state index in [4.69, 9.17) is 16.3 Å². The average molecular weight is 440 g/mol. The van der Waals surface area contributed by atoms with E-state index in [-0.39, 0.29) is 0 Å². The summed E-state index contributed by atoms with van der Waals surface area (Å²) in [5.41, 5.74) is 0.999. The van der Waals surface area contributed by atoms with E-state index in [1.54, 1.807) is 17.1 Å². The lowest BCUT2D eigenvalue weighted by atomic mass is 9.92. The molecule has 0 radical (unpaired) electrons. The second-order valence-corrected chi connectivity index (χ2v) is 8.72. The normalized spacial score (nSPS) is 22.5. The molecule has 5 rings (SSSR count). The van der Waals surface area contributed by atoms with Crippen LogP contribution in [0.4, 0.5) is 11.8 Å². The summed E-state index contributed by atoms with van der Waals surface area (Å²) in [6.45, 7) is 6.65. The molecule has 2 aromatic heterocycles. The van der Waals surface area contributed by atoms with Crippen molar-refractivity contribution >= 4 is 23.4 Å². The molecule has 31 heavy (non-hydrogen) atoms. The Morgan fingerprint density at radius 3 is 2.68 bits per heavy atom. The molecule has 1 saturated carbocycles. The monoisotopic (exact) mass is 439 g/mol. The van der Waals surface area contributed by atoms with Crippen LogP contribution in [0.25, 0.3) is 0 Å². The van der Waals surface area contributed by atoms with Gasteiger partial charge in [0.05, 0.1) is 0 Å². The highest BCUT2D eigenvalue weighted by Crippen LogP contribution is 2.39. The molecule has 2 bridgehead atoms. The summed E-state index contributed by atoms with van der Waals surface area (Å²) < 4.78 is 7.72. The lowest BCUT2D eigenvalue weighted by molar-refractivity contribution is 0.374. The number of nitrogens with zero attached hydrogens (tertiary/aromatic N) is 6. The Labute approximate surface area is 186 Å². The number of rotatable bonds is 6. The lowest BCUT2D eigenvalue weighted by Gasteiger charge is -2.38. The number of nitrogens with one attached hydrogen (secondary N) is 1. The molecular weight excluding hydrogens is 414 g/mol. The van der Waals surface area contributed by atoms with Crippen molar-refractivity contribution in [2.45, 2.75) is 39.3 Å². The van der Waals surface area contributed by atoms with Gasteiger partial charge in [-0.2, -0.15) is 4.98 Å². The number of piperidine rings is 1. The molecule has 9 heteroatoms. The Morgan fingerprint density at radius 1 is 1.16 bits per heavy atom. The first-order valence-electron chi connectivity index (χ1n) is 10.8. The predicted octanol–water partition coefficient (Wildman–Crippen LogP) is 4.17. The molecule has 3 aromatic rings. The summed E-state index contributed by atoms with van der Waals surface area (Å²) in [6.07, 6.45) is 4.05. The Kier molecular flexibility index (Phi) is 5.40. The smallest absolute Gasteiger partial charge is 0.322 e. The summed E-state index contributed by atoms with van der Waals surface area (Å²) in [5, 5.41) is 8.86. The van der Waals surface area contributed by atoms with Crippen molar-refractivity contribution in [1.29, 1.82) is 0 Å². The van der Waals surface area contributed by atoms with Gasteiger partial charge in [-0.3, -0.25) is 0 Å². The van der Waals surface area contributed by atoms with Gasteiger partial charge >= 0.3 is 6.01 Å². The van der Waals surface area contributed by atoms with Crippen molar-refractivity contribution in [3.63, 3.8) is 0 Å². The summed E-state index contributed by atoms with van der Waals surface area (Å²) in [4.78, 5) is 15.7. The fraction of sp³-hybridized carbons (Fsp3) is 0.455. The molecule has 2 fully saturated rings. The van der Waals surface area contributed by atoms with Gasteiger partial charge in [-0.1, -0.05) is 17.7 Å². The first-order chi connectivity index (χ1) is 15.1. The van der Waals surface area contributed by atoms with E-state index in [1.807, 2.05) is 32.0 Å². The van der Waals surface area contributed by atoms with Crippen LogP contribution >= 0.6 is 11.6 Å². The highest BCUT2D eigenvalue weighted by atomic mass is 35.5. The van der Waals surface area contributed by atoms with Crippen LogP contribution in [0.1, 0.15) is 25.5 Å². The van der Waals surface area contributed by atoms with Crippen molar-refractivity contribution in [1.82, 2.24) is 24.7 Å². The lowest BCUT2D eigenvalue weighted by Crippen LogP contribution is -2.48. The van der Waals surface area contributed by atoms with Crippen molar-refractivity contribution in [3.8, 4) is 11.8 Å². The molecule has 1 aromatic carbocycles. The van der Waals surface area contributed by atoms with E-state index in [2.05, 4.69) is 36.3 Å². The van der Waals surface area contributed by atoms with E-state index in [1.165, 1.54) is 12.8 Å². The van der Waals surface area contributed by atoms with Gasteiger partial charge in [0, 0.05) is 42.5 Å². The number of halogens is 1. The summed E-state index contributed by atoms with van der Waals surface area (Å²) >= 11 is 6.08. The van der Waals surface area contributed by atoms with E-state index in [9.17, 15) is 0 Å². The van der Waals surface area contributed by atoms with Gasteiger partial charge in [0.1, 0.15) is 17.9 Å². The number of benzene rings is 1.